The quantitative estimate of drug-likeness (QED) is 0.363. The summed E-state index contributed by atoms with van der Waals surface area (Å²) in [7, 11) is 0. The van der Waals surface area contributed by atoms with Gasteiger partial charge in [-0.05, 0) is 50.8 Å². The predicted molar refractivity (Wildman–Crippen MR) is 156 cm³/mol. The van der Waals surface area contributed by atoms with Crippen LogP contribution in [0.2, 0.25) is 0 Å². The molecule has 2 aromatic heterocycles. The maximum Gasteiger partial charge on any atom is 0.265 e. The Labute approximate surface area is 234 Å². The fraction of sp³-hybridized carbons (Fsp3) is 0.448. The number of nitrogens with zero attached hydrogens (tertiary/aromatic N) is 3. The van der Waals surface area contributed by atoms with Crippen molar-refractivity contribution in [2.75, 3.05) is 31.5 Å². The molecule has 39 heavy (non-hydrogen) atoms. The number of carbonyl (C=O) groups excluding carboxylic acids is 2. The molecule has 1 fully saturated rings. The molecular formula is C29H38ClN5O4. The third-order valence-electron chi connectivity index (χ3n) is 6.36. The maximum atomic E-state index is 13.5. The Balaban J connectivity index is 1.94. The van der Waals surface area contributed by atoms with Crippen molar-refractivity contribution in [2.24, 2.45) is 5.41 Å². The number of rotatable bonds is 11. The largest absolute Gasteiger partial charge is 0.389 e. The first-order chi connectivity index (χ1) is 18.2. The number of anilines is 1. The molecule has 3 N–H and O–H groups in total. The number of carbonyl (C=O) groups is 2. The van der Waals surface area contributed by atoms with Crippen molar-refractivity contribution >= 4 is 40.1 Å². The molecule has 210 valence electrons. The van der Waals surface area contributed by atoms with E-state index in [0.717, 1.165) is 5.57 Å². The van der Waals surface area contributed by atoms with Crippen LogP contribution >= 0.6 is 11.6 Å². The van der Waals surface area contributed by atoms with Crippen molar-refractivity contribution in [3.8, 4) is 0 Å². The smallest absolute Gasteiger partial charge is 0.265 e. The number of hydrogen-bond donors (Lipinski definition) is 3. The fourth-order valence-corrected chi connectivity index (χ4v) is 4.35. The molecule has 0 aromatic carbocycles. The standard InChI is InChI=1S/C29H38ClN5O4/c1-7-20(30)9-8-19(2)10-12-32-26(37)22-14-21-23(33-16-29(5,6)39)11-13-31-25(21)35(27(22)38)15-24(36)34-17-28(3,4)18-34/h7-9,11,13-14,39H,1,10,12,15-18H2,2-6H3,(H,31,33)(H,32,37). The zero-order valence-corrected chi connectivity index (χ0v) is 24.1. The number of amides is 2. The SMILES string of the molecule is C=CC(Cl)=CC=C(C)CCNC(=O)c1cc2c(NCC(C)(C)O)ccnc2n(CC(=O)N2CC(C)(C)C2)c1=O. The Morgan fingerprint density at radius 1 is 1.28 bits per heavy atom. The van der Waals surface area contributed by atoms with Crippen molar-refractivity contribution in [3.63, 3.8) is 0 Å². The van der Waals surface area contributed by atoms with Crippen LogP contribution in [0.4, 0.5) is 5.69 Å². The van der Waals surface area contributed by atoms with Gasteiger partial charge in [0.1, 0.15) is 17.8 Å². The minimum absolute atomic E-state index is 0.0379. The highest BCUT2D eigenvalue weighted by Gasteiger charge is 2.37. The average molecular weight is 556 g/mol. The van der Waals surface area contributed by atoms with Crippen LogP contribution in [0.5, 0.6) is 0 Å². The summed E-state index contributed by atoms with van der Waals surface area (Å²) in [5.74, 6) is -0.753. The Morgan fingerprint density at radius 2 is 1.97 bits per heavy atom. The molecule has 0 atom stereocenters. The highest BCUT2D eigenvalue weighted by molar-refractivity contribution is 6.31. The topological polar surface area (TPSA) is 117 Å². The van der Waals surface area contributed by atoms with Gasteiger partial charge in [-0.25, -0.2) is 4.98 Å². The second kappa shape index (κ2) is 12.2. The van der Waals surface area contributed by atoms with Crippen molar-refractivity contribution in [1.29, 1.82) is 0 Å². The van der Waals surface area contributed by atoms with Gasteiger partial charge in [-0.2, -0.15) is 0 Å². The van der Waals surface area contributed by atoms with Crippen LogP contribution in [0, 0.1) is 5.41 Å². The highest BCUT2D eigenvalue weighted by atomic mass is 35.5. The number of pyridine rings is 2. The van der Waals surface area contributed by atoms with E-state index in [4.69, 9.17) is 11.6 Å². The molecule has 10 heteroatoms. The molecule has 0 aliphatic carbocycles. The van der Waals surface area contributed by atoms with E-state index in [9.17, 15) is 19.5 Å². The third kappa shape index (κ3) is 8.03. The van der Waals surface area contributed by atoms with E-state index < -0.39 is 17.1 Å². The lowest BCUT2D eigenvalue weighted by Crippen LogP contribution is -2.56. The minimum atomic E-state index is -0.999. The van der Waals surface area contributed by atoms with Crippen molar-refractivity contribution in [1.82, 2.24) is 19.8 Å². The summed E-state index contributed by atoms with van der Waals surface area (Å²) in [5, 5.41) is 17.2. The van der Waals surface area contributed by atoms with Gasteiger partial charge in [-0.1, -0.05) is 49.8 Å². The molecule has 9 nitrogen and oxygen atoms in total. The van der Waals surface area contributed by atoms with Crippen LogP contribution in [0.1, 0.15) is 51.4 Å². The fourth-order valence-electron chi connectivity index (χ4n) is 4.28. The zero-order valence-electron chi connectivity index (χ0n) is 23.3. The number of aliphatic hydroxyl groups is 1. The second-order valence-electron chi connectivity index (χ2n) is 11.4. The third-order valence-corrected chi connectivity index (χ3v) is 6.64. The first kappa shape index (κ1) is 30.1. The normalized spacial score (nSPS) is 15.6. The summed E-state index contributed by atoms with van der Waals surface area (Å²) in [5.41, 5.74) is 0.221. The number of halogens is 1. The zero-order chi connectivity index (χ0) is 29.0. The predicted octanol–water partition coefficient (Wildman–Crippen LogP) is 3.82. The number of allylic oxidation sites excluding steroid dienone is 4. The van der Waals surface area contributed by atoms with E-state index in [0.29, 0.717) is 42.2 Å². The van der Waals surface area contributed by atoms with E-state index in [1.807, 2.05) is 13.0 Å². The maximum absolute atomic E-state index is 13.5. The molecule has 0 spiro atoms. The molecule has 0 unspecified atom stereocenters. The minimum Gasteiger partial charge on any atom is -0.389 e. The van der Waals surface area contributed by atoms with Gasteiger partial charge in [0.05, 0.1) is 5.60 Å². The Morgan fingerprint density at radius 3 is 2.59 bits per heavy atom. The van der Waals surface area contributed by atoms with Crippen molar-refractivity contribution in [3.05, 3.63) is 69.7 Å². The summed E-state index contributed by atoms with van der Waals surface area (Å²) in [4.78, 5) is 45.9. The van der Waals surface area contributed by atoms with E-state index in [1.54, 1.807) is 30.9 Å². The van der Waals surface area contributed by atoms with E-state index in [2.05, 4.69) is 36.0 Å². The van der Waals surface area contributed by atoms with Gasteiger partial charge >= 0.3 is 0 Å². The van der Waals surface area contributed by atoms with E-state index >= 15 is 0 Å². The Hall–Kier alpha value is -3.43. The van der Waals surface area contributed by atoms with Crippen LogP contribution in [-0.2, 0) is 11.3 Å². The van der Waals surface area contributed by atoms with Crippen LogP contribution in [0.15, 0.2) is 58.5 Å². The molecule has 3 heterocycles. The van der Waals surface area contributed by atoms with Crippen molar-refractivity contribution in [2.45, 2.75) is 53.2 Å². The number of likely N-dealkylation sites (tertiary alicyclic amines) is 1. The molecule has 1 aliphatic heterocycles. The molecule has 1 saturated heterocycles. The Bertz CT molecular complexity index is 1380. The van der Waals surface area contributed by atoms with Crippen LogP contribution in [0.3, 0.4) is 0 Å². The number of nitrogens with one attached hydrogen (secondary N) is 2. The summed E-state index contributed by atoms with van der Waals surface area (Å²) < 4.78 is 1.26. The van der Waals surface area contributed by atoms with Gasteiger partial charge in [0, 0.05) is 48.5 Å². The first-order valence-corrected chi connectivity index (χ1v) is 13.3. The lowest BCUT2D eigenvalue weighted by atomic mass is 9.84. The van der Waals surface area contributed by atoms with Gasteiger partial charge in [0.2, 0.25) is 5.91 Å². The molecule has 1 aliphatic rings. The molecule has 3 rings (SSSR count). The molecule has 0 bridgehead atoms. The van der Waals surface area contributed by atoms with Crippen molar-refractivity contribution < 1.29 is 14.7 Å². The van der Waals surface area contributed by atoms with Gasteiger partial charge in [0.25, 0.3) is 11.5 Å². The lowest BCUT2D eigenvalue weighted by Gasteiger charge is -2.45. The summed E-state index contributed by atoms with van der Waals surface area (Å²) in [6.07, 6.45) is 7.18. The van der Waals surface area contributed by atoms with E-state index in [-0.39, 0.29) is 35.6 Å². The summed E-state index contributed by atoms with van der Waals surface area (Å²) in [6, 6.07) is 3.20. The van der Waals surface area contributed by atoms with Crippen LogP contribution < -0.4 is 16.2 Å². The van der Waals surface area contributed by atoms with Gasteiger partial charge in [0.15, 0.2) is 0 Å². The summed E-state index contributed by atoms with van der Waals surface area (Å²) in [6.45, 7) is 14.5. The van der Waals surface area contributed by atoms with E-state index in [1.165, 1.54) is 22.9 Å². The van der Waals surface area contributed by atoms with Crippen LogP contribution in [-0.4, -0.2) is 63.2 Å². The molecule has 2 aromatic rings. The summed E-state index contributed by atoms with van der Waals surface area (Å²) >= 11 is 5.94. The van der Waals surface area contributed by atoms with Gasteiger partial charge in [-0.3, -0.25) is 19.0 Å². The molecule has 2 amide bonds. The second-order valence-corrected chi connectivity index (χ2v) is 11.8. The average Bonchev–Trinajstić information content (AvgIpc) is 2.85. The van der Waals surface area contributed by atoms with Gasteiger partial charge < -0.3 is 20.6 Å². The van der Waals surface area contributed by atoms with Gasteiger partial charge in [-0.15, -0.1) is 0 Å². The van der Waals surface area contributed by atoms with Crippen LogP contribution in [0.25, 0.3) is 11.0 Å². The number of fused-ring (bicyclic) bond motifs is 1. The highest BCUT2D eigenvalue weighted by Crippen LogP contribution is 2.29. The monoisotopic (exact) mass is 555 g/mol. The molecular weight excluding hydrogens is 518 g/mol. The number of aromatic nitrogens is 2. The lowest BCUT2D eigenvalue weighted by molar-refractivity contribution is -0.142. The molecule has 0 radical (unpaired) electrons. The molecule has 0 saturated carbocycles. The number of hydrogen-bond acceptors (Lipinski definition) is 6. The Kier molecular flexibility index (Phi) is 9.40. The first-order valence-electron chi connectivity index (χ1n) is 12.9.